The molecule has 188 valence electrons. The molecule has 0 amide bonds. The number of aryl methyl sites for hydroxylation is 1. The van der Waals surface area contributed by atoms with Crippen LogP contribution in [0.25, 0.3) is 11.1 Å². The van der Waals surface area contributed by atoms with Crippen LogP contribution in [0.5, 0.6) is 0 Å². The van der Waals surface area contributed by atoms with E-state index in [4.69, 9.17) is 0 Å². The molecular weight excluding hydrogens is 486 g/mol. The maximum Gasteiger partial charge on any atom is 0.430 e. The maximum atomic E-state index is 13.2. The fourth-order valence-electron chi connectivity index (χ4n) is 4.20. The molecule has 12 heteroatoms. The van der Waals surface area contributed by atoms with Crippen LogP contribution in [0.15, 0.2) is 36.4 Å². The molecule has 34 heavy (non-hydrogen) atoms. The highest BCUT2D eigenvalue weighted by molar-refractivity contribution is 7.88. The molecule has 0 aromatic heterocycles. The molecule has 1 N–H and O–H groups in total. The molecule has 0 spiro atoms. The van der Waals surface area contributed by atoms with Crippen molar-refractivity contribution in [2.24, 2.45) is 0 Å². The lowest BCUT2D eigenvalue weighted by Crippen LogP contribution is -2.53. The topological polar surface area (TPSA) is 60.9 Å². The Morgan fingerprint density at radius 2 is 1.41 bits per heavy atom. The van der Waals surface area contributed by atoms with Gasteiger partial charge in [0.2, 0.25) is 10.0 Å². The number of piperazine rings is 1. The minimum absolute atomic E-state index is 0.131. The van der Waals surface area contributed by atoms with Crippen LogP contribution >= 0.6 is 0 Å². The molecule has 1 aliphatic heterocycles. The van der Waals surface area contributed by atoms with E-state index in [0.717, 1.165) is 23.6 Å². The monoisotopic (exact) mass is 510 g/mol. The standard InChI is InChI=1S/C22H24F6N2O3S/c1-14-13-16(20(31,21(23,24)25)22(26,27)28)7-8-17(14)18-5-4-6-19(15(18)2)29-9-11-30(12-10-29)34(3,32)33/h4-8,13,31H,9-12H2,1-3H3. The number of hydrogen-bond donors (Lipinski definition) is 1. The van der Waals surface area contributed by atoms with Crippen molar-refractivity contribution in [1.82, 2.24) is 4.31 Å². The van der Waals surface area contributed by atoms with Crippen LogP contribution in [-0.4, -0.2) is 62.6 Å². The van der Waals surface area contributed by atoms with Crippen molar-refractivity contribution in [1.29, 1.82) is 0 Å². The van der Waals surface area contributed by atoms with E-state index in [1.54, 1.807) is 19.1 Å². The van der Waals surface area contributed by atoms with E-state index in [-0.39, 0.29) is 5.56 Å². The lowest BCUT2D eigenvalue weighted by atomic mass is 9.87. The second-order valence-corrected chi connectivity index (χ2v) is 10.3. The number of aliphatic hydroxyl groups is 1. The molecule has 2 aromatic rings. The van der Waals surface area contributed by atoms with E-state index in [9.17, 15) is 39.9 Å². The van der Waals surface area contributed by atoms with Gasteiger partial charge in [-0.1, -0.05) is 30.3 Å². The molecule has 1 saturated heterocycles. The normalized spacial score (nSPS) is 16.7. The van der Waals surface area contributed by atoms with E-state index in [1.165, 1.54) is 11.2 Å². The highest BCUT2D eigenvalue weighted by atomic mass is 32.2. The Kier molecular flexibility index (Phi) is 6.75. The molecular formula is C22H24F6N2O3S. The van der Waals surface area contributed by atoms with Crippen molar-refractivity contribution < 1.29 is 39.9 Å². The zero-order chi connectivity index (χ0) is 25.7. The molecule has 1 aliphatic rings. The van der Waals surface area contributed by atoms with Crippen LogP contribution in [0.2, 0.25) is 0 Å². The van der Waals surface area contributed by atoms with E-state index >= 15 is 0 Å². The predicted octanol–water partition coefficient (Wildman–Crippen LogP) is 4.36. The van der Waals surface area contributed by atoms with Crippen molar-refractivity contribution in [2.45, 2.75) is 31.8 Å². The van der Waals surface area contributed by atoms with Gasteiger partial charge in [0.1, 0.15) is 0 Å². The van der Waals surface area contributed by atoms with Crippen molar-refractivity contribution in [3.05, 3.63) is 53.1 Å². The largest absolute Gasteiger partial charge is 0.430 e. The SMILES string of the molecule is Cc1cc(C(O)(C(F)(F)F)C(F)(F)F)ccc1-c1cccc(N2CCN(S(C)(=O)=O)CC2)c1C. The third-order valence-corrected chi connectivity index (χ3v) is 7.41. The average Bonchev–Trinajstić information content (AvgIpc) is 2.71. The highest BCUT2D eigenvalue weighted by Gasteiger charge is 2.71. The number of nitrogens with zero attached hydrogens (tertiary/aromatic N) is 2. The molecule has 0 radical (unpaired) electrons. The first-order valence-corrected chi connectivity index (χ1v) is 12.1. The smallest absolute Gasteiger partial charge is 0.369 e. The average molecular weight is 511 g/mol. The van der Waals surface area contributed by atoms with Gasteiger partial charge in [0.15, 0.2) is 0 Å². The van der Waals surface area contributed by atoms with Crippen LogP contribution in [0.4, 0.5) is 32.0 Å². The molecule has 0 aliphatic carbocycles. The lowest BCUT2D eigenvalue weighted by Gasteiger charge is -2.36. The number of halogens is 6. The van der Waals surface area contributed by atoms with Gasteiger partial charge >= 0.3 is 12.4 Å². The third kappa shape index (κ3) is 4.63. The lowest BCUT2D eigenvalue weighted by molar-refractivity contribution is -0.376. The highest BCUT2D eigenvalue weighted by Crippen LogP contribution is 2.50. The minimum Gasteiger partial charge on any atom is -0.369 e. The van der Waals surface area contributed by atoms with Gasteiger partial charge in [-0.05, 0) is 42.2 Å². The molecule has 3 rings (SSSR count). The molecule has 1 fully saturated rings. The number of rotatable bonds is 4. The van der Waals surface area contributed by atoms with E-state index < -0.39 is 33.5 Å². The summed E-state index contributed by atoms with van der Waals surface area (Å²) in [5, 5.41) is 9.69. The second kappa shape index (κ2) is 8.72. The summed E-state index contributed by atoms with van der Waals surface area (Å²) in [5.41, 5.74) is -3.60. The number of sulfonamides is 1. The molecule has 1 heterocycles. The quantitative estimate of drug-likeness (QED) is 0.621. The van der Waals surface area contributed by atoms with Gasteiger partial charge in [0.05, 0.1) is 6.26 Å². The number of benzene rings is 2. The molecule has 5 nitrogen and oxygen atoms in total. The van der Waals surface area contributed by atoms with Crippen molar-refractivity contribution >= 4 is 15.7 Å². The summed E-state index contributed by atoms with van der Waals surface area (Å²) in [6.07, 6.45) is -10.8. The fourth-order valence-corrected chi connectivity index (χ4v) is 5.02. The van der Waals surface area contributed by atoms with Crippen LogP contribution in [-0.2, 0) is 15.6 Å². The molecule has 0 unspecified atom stereocenters. The number of hydrogen-bond acceptors (Lipinski definition) is 4. The summed E-state index contributed by atoms with van der Waals surface area (Å²) < 4.78 is 104. The summed E-state index contributed by atoms with van der Waals surface area (Å²) >= 11 is 0. The van der Waals surface area contributed by atoms with Crippen molar-refractivity contribution in [3.63, 3.8) is 0 Å². The van der Waals surface area contributed by atoms with Gasteiger partial charge in [0, 0.05) is 37.4 Å². The van der Waals surface area contributed by atoms with Gasteiger partial charge in [-0.2, -0.15) is 30.6 Å². The van der Waals surface area contributed by atoms with Crippen LogP contribution < -0.4 is 4.90 Å². The zero-order valence-corrected chi connectivity index (χ0v) is 19.4. The van der Waals surface area contributed by atoms with Gasteiger partial charge in [-0.15, -0.1) is 0 Å². The summed E-state index contributed by atoms with van der Waals surface area (Å²) in [7, 11) is -3.31. The van der Waals surface area contributed by atoms with Gasteiger partial charge in [-0.25, -0.2) is 8.42 Å². The Bertz CT molecular complexity index is 1160. The maximum absolute atomic E-state index is 13.2. The van der Waals surface area contributed by atoms with E-state index in [1.807, 2.05) is 11.0 Å². The Morgan fingerprint density at radius 1 is 0.853 bits per heavy atom. The molecule has 0 atom stereocenters. The third-order valence-electron chi connectivity index (χ3n) is 6.11. The Hall–Kier alpha value is -2.31. The van der Waals surface area contributed by atoms with Crippen LogP contribution in [0, 0.1) is 13.8 Å². The van der Waals surface area contributed by atoms with Crippen molar-refractivity contribution in [2.75, 3.05) is 37.3 Å². The Labute approximate surface area is 193 Å². The van der Waals surface area contributed by atoms with Crippen LogP contribution in [0.1, 0.15) is 16.7 Å². The number of alkyl halides is 6. The second-order valence-electron chi connectivity index (χ2n) is 8.33. The summed E-state index contributed by atoms with van der Waals surface area (Å²) in [6.45, 7) is 4.61. The first-order chi connectivity index (χ1) is 15.5. The first-order valence-electron chi connectivity index (χ1n) is 10.3. The zero-order valence-electron chi connectivity index (χ0n) is 18.6. The summed E-state index contributed by atoms with van der Waals surface area (Å²) in [6, 6.07) is 7.72. The Morgan fingerprint density at radius 3 is 1.88 bits per heavy atom. The Balaban J connectivity index is 1.98. The minimum atomic E-state index is -5.96. The van der Waals surface area contributed by atoms with E-state index in [2.05, 4.69) is 0 Å². The molecule has 0 bridgehead atoms. The van der Waals surface area contributed by atoms with Crippen molar-refractivity contribution in [3.8, 4) is 11.1 Å². The summed E-state index contributed by atoms with van der Waals surface area (Å²) in [5.74, 6) is 0. The van der Waals surface area contributed by atoms with E-state index in [0.29, 0.717) is 49.4 Å². The fraction of sp³-hybridized carbons (Fsp3) is 0.455. The molecule has 2 aromatic carbocycles. The van der Waals surface area contributed by atoms with Gasteiger partial charge in [0.25, 0.3) is 5.60 Å². The summed E-state index contributed by atoms with van der Waals surface area (Å²) in [4.78, 5) is 1.98. The van der Waals surface area contributed by atoms with Crippen LogP contribution in [0.3, 0.4) is 0 Å². The molecule has 0 saturated carbocycles. The van der Waals surface area contributed by atoms with Gasteiger partial charge in [-0.3, -0.25) is 0 Å². The van der Waals surface area contributed by atoms with Gasteiger partial charge < -0.3 is 10.0 Å². The first kappa shape index (κ1) is 26.3. The number of anilines is 1. The predicted molar refractivity (Wildman–Crippen MR) is 116 cm³/mol.